The Kier molecular flexibility index (Phi) is 5.53. The number of pyridine rings is 1. The van der Waals surface area contributed by atoms with Crippen molar-refractivity contribution in [2.75, 3.05) is 7.11 Å². The van der Waals surface area contributed by atoms with Crippen LogP contribution in [0.2, 0.25) is 0 Å². The van der Waals surface area contributed by atoms with Gasteiger partial charge in [0.25, 0.3) is 0 Å². The second kappa shape index (κ2) is 6.58. The highest BCUT2D eigenvalue weighted by Crippen LogP contribution is 2.36. The molecule has 0 bridgehead atoms. The molecule has 5 nitrogen and oxygen atoms in total. The van der Waals surface area contributed by atoms with E-state index in [1.807, 2.05) is 41.5 Å². The van der Waals surface area contributed by atoms with Gasteiger partial charge in [0.2, 0.25) is 0 Å². The second-order valence-electron chi connectivity index (χ2n) is 5.55. The largest absolute Gasteiger partial charge is 0.494 e. The third-order valence-electron chi connectivity index (χ3n) is 3.70. The van der Waals surface area contributed by atoms with Crippen molar-refractivity contribution in [3.8, 4) is 0 Å². The highest BCUT2D eigenvalue weighted by Gasteiger charge is 2.51. The minimum Gasteiger partial charge on any atom is -0.464 e. The fraction of sp³-hybridized carbons (Fsp3) is 0.600. The van der Waals surface area contributed by atoms with Gasteiger partial charge in [0.15, 0.2) is 0 Å². The van der Waals surface area contributed by atoms with Gasteiger partial charge in [-0.15, -0.1) is 0 Å². The van der Waals surface area contributed by atoms with Crippen LogP contribution in [0.5, 0.6) is 0 Å². The maximum Gasteiger partial charge on any atom is 0.494 e. The topological polar surface area (TPSA) is 57.7 Å². The van der Waals surface area contributed by atoms with Gasteiger partial charge in [0.05, 0.1) is 18.3 Å². The Morgan fingerprint density at radius 1 is 1.19 bits per heavy atom. The van der Waals surface area contributed by atoms with E-state index in [2.05, 4.69) is 9.72 Å². The summed E-state index contributed by atoms with van der Waals surface area (Å²) in [5.41, 5.74) is 0.183. The lowest BCUT2D eigenvalue weighted by molar-refractivity contribution is 0.00578. The number of hydrogen-bond donors (Lipinski definition) is 0. The lowest BCUT2D eigenvalue weighted by atomic mass is 9.79. The van der Waals surface area contributed by atoms with Crippen molar-refractivity contribution in [3.05, 3.63) is 24.0 Å². The molecule has 1 aromatic heterocycles. The Balaban J connectivity index is 0.00000106. The molecule has 0 saturated carbocycles. The average molecular weight is 293 g/mol. The van der Waals surface area contributed by atoms with Crippen LogP contribution in [0, 0.1) is 0 Å². The molecule has 0 unspecified atom stereocenters. The van der Waals surface area contributed by atoms with Crippen LogP contribution < -0.4 is 5.46 Å². The number of methoxy groups -OCH3 is 1. The molecule has 1 saturated heterocycles. The summed E-state index contributed by atoms with van der Waals surface area (Å²) in [6, 6.07) is 3.41. The molecule has 21 heavy (non-hydrogen) atoms. The molecule has 0 radical (unpaired) electrons. The highest BCUT2D eigenvalue weighted by molar-refractivity contribution is 6.62. The summed E-state index contributed by atoms with van der Waals surface area (Å²) in [5.74, 6) is -0.474. The van der Waals surface area contributed by atoms with Gasteiger partial charge in [-0.1, -0.05) is 13.8 Å². The molecule has 1 fully saturated rings. The quantitative estimate of drug-likeness (QED) is 0.618. The van der Waals surface area contributed by atoms with Crippen molar-refractivity contribution >= 4 is 18.6 Å². The van der Waals surface area contributed by atoms with E-state index in [1.165, 1.54) is 7.11 Å². The minimum atomic E-state index is -0.503. The zero-order valence-corrected chi connectivity index (χ0v) is 13.9. The molecule has 0 atom stereocenters. The van der Waals surface area contributed by atoms with Gasteiger partial charge in [-0.05, 0) is 45.3 Å². The van der Waals surface area contributed by atoms with Crippen LogP contribution in [0.3, 0.4) is 0 Å². The summed E-state index contributed by atoms with van der Waals surface area (Å²) in [4.78, 5) is 15.4. The van der Waals surface area contributed by atoms with Gasteiger partial charge in [0.1, 0.15) is 5.69 Å². The molecule has 0 aromatic carbocycles. The molecule has 1 aliphatic heterocycles. The summed E-state index contributed by atoms with van der Waals surface area (Å²) in [7, 11) is 0.822. The molecular weight excluding hydrogens is 269 g/mol. The third-order valence-corrected chi connectivity index (χ3v) is 3.70. The first kappa shape index (κ1) is 17.7. The Morgan fingerprint density at radius 2 is 1.71 bits per heavy atom. The van der Waals surface area contributed by atoms with E-state index < -0.39 is 24.3 Å². The molecule has 2 rings (SSSR count). The number of nitrogens with zero attached hydrogens (tertiary/aromatic N) is 1. The summed E-state index contributed by atoms with van der Waals surface area (Å²) in [6.07, 6.45) is 1.55. The first-order valence-electron chi connectivity index (χ1n) is 7.17. The summed E-state index contributed by atoms with van der Waals surface area (Å²) in [5, 5.41) is 0. The first-order chi connectivity index (χ1) is 9.77. The first-order valence-corrected chi connectivity index (χ1v) is 7.17. The third kappa shape index (κ3) is 3.63. The Labute approximate surface area is 127 Å². The zero-order valence-electron chi connectivity index (χ0n) is 13.9. The van der Waals surface area contributed by atoms with Gasteiger partial charge in [-0.2, -0.15) is 0 Å². The van der Waals surface area contributed by atoms with E-state index in [-0.39, 0.29) is 5.69 Å². The molecule has 0 amide bonds. The van der Waals surface area contributed by atoms with Gasteiger partial charge in [0, 0.05) is 6.20 Å². The monoisotopic (exact) mass is 293 g/mol. The van der Waals surface area contributed by atoms with Crippen molar-refractivity contribution in [3.63, 3.8) is 0 Å². The number of carbonyl (C=O) groups excluding carboxylic acids is 1. The van der Waals surface area contributed by atoms with Crippen LogP contribution in [0.1, 0.15) is 52.0 Å². The molecule has 116 valence electrons. The molecule has 6 heteroatoms. The predicted octanol–water partition coefficient (Wildman–Crippen LogP) is 2.19. The van der Waals surface area contributed by atoms with E-state index in [0.717, 1.165) is 5.46 Å². The highest BCUT2D eigenvalue weighted by atomic mass is 16.7. The fourth-order valence-corrected chi connectivity index (χ4v) is 1.79. The van der Waals surface area contributed by atoms with Crippen LogP contribution in [0.25, 0.3) is 0 Å². The molecular formula is C15H24BNO4. The lowest BCUT2D eigenvalue weighted by Gasteiger charge is -2.32. The smallest absolute Gasteiger partial charge is 0.464 e. The second-order valence-corrected chi connectivity index (χ2v) is 5.55. The maximum absolute atomic E-state index is 11.5. The van der Waals surface area contributed by atoms with Crippen molar-refractivity contribution in [2.24, 2.45) is 0 Å². The van der Waals surface area contributed by atoms with Crippen molar-refractivity contribution in [2.45, 2.75) is 52.7 Å². The van der Waals surface area contributed by atoms with E-state index in [4.69, 9.17) is 9.31 Å². The molecule has 0 spiro atoms. The summed E-state index contributed by atoms with van der Waals surface area (Å²) >= 11 is 0. The number of hydrogen-bond acceptors (Lipinski definition) is 5. The van der Waals surface area contributed by atoms with Crippen LogP contribution in [0.4, 0.5) is 0 Å². The fourth-order valence-electron chi connectivity index (χ4n) is 1.79. The summed E-state index contributed by atoms with van der Waals surface area (Å²) in [6.45, 7) is 11.9. The number of ether oxygens (including phenoxy) is 1. The lowest BCUT2D eigenvalue weighted by Crippen LogP contribution is -2.41. The van der Waals surface area contributed by atoms with Crippen LogP contribution in [-0.4, -0.2) is 36.4 Å². The van der Waals surface area contributed by atoms with E-state index in [1.54, 1.807) is 18.3 Å². The zero-order chi connectivity index (χ0) is 16.3. The normalized spacial score (nSPS) is 18.7. The van der Waals surface area contributed by atoms with Gasteiger partial charge < -0.3 is 14.0 Å². The number of esters is 1. The maximum atomic E-state index is 11.5. The predicted molar refractivity (Wildman–Crippen MR) is 82.6 cm³/mol. The molecule has 0 aliphatic carbocycles. The van der Waals surface area contributed by atoms with Gasteiger partial charge in [-0.3, -0.25) is 0 Å². The number of carbonyl (C=O) groups is 1. The Morgan fingerprint density at radius 3 is 2.19 bits per heavy atom. The van der Waals surface area contributed by atoms with Gasteiger partial charge in [-0.25, -0.2) is 9.78 Å². The van der Waals surface area contributed by atoms with Crippen molar-refractivity contribution in [1.82, 2.24) is 4.98 Å². The molecule has 1 aromatic rings. The standard InChI is InChI=1S/C13H18BNO4.C2H6/c1-12(2)13(3,4)19-14(18-12)9-6-7-15-10(8-9)11(16)17-5;1-2/h6-8H,1-5H3;1-2H3. The van der Waals surface area contributed by atoms with E-state index >= 15 is 0 Å². The average Bonchev–Trinajstić information content (AvgIpc) is 2.69. The minimum absolute atomic E-state index is 0.245. The van der Waals surface area contributed by atoms with E-state index in [9.17, 15) is 4.79 Å². The van der Waals surface area contributed by atoms with Gasteiger partial charge >= 0.3 is 13.1 Å². The molecule has 0 N–H and O–H groups in total. The van der Waals surface area contributed by atoms with E-state index in [0.29, 0.717) is 0 Å². The molecule has 1 aliphatic rings. The Bertz CT molecular complexity index is 486. The van der Waals surface area contributed by atoms with Crippen molar-refractivity contribution in [1.29, 1.82) is 0 Å². The number of rotatable bonds is 2. The van der Waals surface area contributed by atoms with Crippen LogP contribution >= 0.6 is 0 Å². The van der Waals surface area contributed by atoms with Crippen LogP contribution in [0.15, 0.2) is 18.3 Å². The Hall–Kier alpha value is -1.40. The summed E-state index contributed by atoms with van der Waals surface area (Å²) < 4.78 is 16.5. The van der Waals surface area contributed by atoms with Crippen molar-refractivity contribution < 1.29 is 18.8 Å². The molecule has 2 heterocycles. The number of aromatic nitrogens is 1. The SMILES string of the molecule is CC.COC(=O)c1cc(B2OC(C)(C)C(C)(C)O2)ccn1. The van der Waals surface area contributed by atoms with Crippen LogP contribution in [-0.2, 0) is 14.0 Å².